The second-order valence-corrected chi connectivity index (χ2v) is 5.13. The smallest absolute Gasteiger partial charge is 0.121 e. The van der Waals surface area contributed by atoms with Crippen LogP contribution in [0.25, 0.3) is 0 Å². The first-order valence-corrected chi connectivity index (χ1v) is 6.29. The first-order valence-electron chi connectivity index (χ1n) is 4.70. The third kappa shape index (κ3) is 3.21. The van der Waals surface area contributed by atoms with Gasteiger partial charge in [-0.05, 0) is 36.4 Å². The van der Waals surface area contributed by atoms with Gasteiger partial charge in [0.15, 0.2) is 0 Å². The number of allylic oxidation sites excluding steroid dienone is 2. The third-order valence-corrected chi connectivity index (χ3v) is 3.23. The summed E-state index contributed by atoms with van der Waals surface area (Å²) in [5.74, 6) is 0.902. The first-order chi connectivity index (χ1) is 7.24. The van der Waals surface area contributed by atoms with Gasteiger partial charge < -0.3 is 4.74 Å². The maximum atomic E-state index is 5.79. The van der Waals surface area contributed by atoms with E-state index < -0.39 is 0 Å². The number of rotatable bonds is 2. The molecule has 0 amide bonds. The van der Waals surface area contributed by atoms with Gasteiger partial charge in [-0.3, -0.25) is 0 Å². The molecule has 78 valence electrons. The highest BCUT2D eigenvalue weighted by molar-refractivity contribution is 9.12. The highest BCUT2D eigenvalue weighted by Gasteiger charge is 2.08. The van der Waals surface area contributed by atoms with E-state index in [2.05, 4.69) is 44.0 Å². The molecule has 0 fully saturated rings. The van der Waals surface area contributed by atoms with E-state index in [0.717, 1.165) is 21.1 Å². The summed E-state index contributed by atoms with van der Waals surface area (Å²) in [5, 5.41) is 0. The highest BCUT2D eigenvalue weighted by Crippen LogP contribution is 2.22. The molecule has 1 aromatic carbocycles. The van der Waals surface area contributed by atoms with Gasteiger partial charge in [-0.25, -0.2) is 0 Å². The minimum Gasteiger partial charge on any atom is -0.486 e. The van der Waals surface area contributed by atoms with E-state index in [9.17, 15) is 0 Å². The molecule has 15 heavy (non-hydrogen) atoms. The fourth-order valence-electron chi connectivity index (χ4n) is 1.35. The maximum absolute atomic E-state index is 5.79. The predicted molar refractivity (Wildman–Crippen MR) is 69.3 cm³/mol. The second-order valence-electron chi connectivity index (χ2n) is 3.29. The van der Waals surface area contributed by atoms with E-state index in [0.29, 0.717) is 0 Å². The van der Waals surface area contributed by atoms with Gasteiger partial charge in [0, 0.05) is 15.4 Å². The Morgan fingerprint density at radius 3 is 2.47 bits per heavy atom. The summed E-state index contributed by atoms with van der Waals surface area (Å²) in [6.45, 7) is 0. The number of hydrogen-bond acceptors (Lipinski definition) is 1. The molecule has 0 bridgehead atoms. The quantitative estimate of drug-likeness (QED) is 0.779. The highest BCUT2D eigenvalue weighted by atomic mass is 79.9. The van der Waals surface area contributed by atoms with E-state index in [1.165, 1.54) is 0 Å². The van der Waals surface area contributed by atoms with Gasteiger partial charge in [0.1, 0.15) is 11.9 Å². The molecular formula is C12H10Br2O. The van der Waals surface area contributed by atoms with Gasteiger partial charge in [-0.1, -0.05) is 37.9 Å². The molecule has 1 unspecified atom stereocenters. The van der Waals surface area contributed by atoms with Crippen LogP contribution in [0.2, 0.25) is 0 Å². The van der Waals surface area contributed by atoms with E-state index in [4.69, 9.17) is 4.74 Å². The fourth-order valence-corrected chi connectivity index (χ4v) is 1.95. The molecule has 0 aromatic heterocycles. The molecule has 1 aliphatic carbocycles. The molecule has 1 aliphatic rings. The van der Waals surface area contributed by atoms with Gasteiger partial charge in [0.05, 0.1) is 0 Å². The summed E-state index contributed by atoms with van der Waals surface area (Å²) in [7, 11) is 0. The zero-order valence-corrected chi connectivity index (χ0v) is 11.2. The Bertz CT molecular complexity index is 393. The Labute approximate surface area is 106 Å². The van der Waals surface area contributed by atoms with E-state index in [-0.39, 0.29) is 6.10 Å². The lowest BCUT2D eigenvalue weighted by atomic mass is 10.1. The predicted octanol–water partition coefficient (Wildman–Crippen LogP) is 4.44. The average Bonchev–Trinajstić information content (AvgIpc) is 2.25. The van der Waals surface area contributed by atoms with Crippen molar-refractivity contribution in [2.24, 2.45) is 0 Å². The lowest BCUT2D eigenvalue weighted by molar-refractivity contribution is 0.251. The fraction of sp³-hybridized carbons (Fsp3) is 0.167. The van der Waals surface area contributed by atoms with Crippen LogP contribution in [0.1, 0.15) is 6.42 Å². The molecular weight excluding hydrogens is 320 g/mol. The Balaban J connectivity index is 1.99. The van der Waals surface area contributed by atoms with Crippen molar-refractivity contribution in [1.29, 1.82) is 0 Å². The Morgan fingerprint density at radius 2 is 1.87 bits per heavy atom. The molecule has 0 saturated carbocycles. The van der Waals surface area contributed by atoms with Crippen LogP contribution in [-0.2, 0) is 0 Å². The molecule has 0 heterocycles. The van der Waals surface area contributed by atoms with Crippen LogP contribution in [-0.4, -0.2) is 6.10 Å². The van der Waals surface area contributed by atoms with Crippen LogP contribution >= 0.6 is 31.9 Å². The van der Waals surface area contributed by atoms with E-state index in [1.807, 2.05) is 30.3 Å². The van der Waals surface area contributed by atoms with Crippen molar-refractivity contribution in [3.05, 3.63) is 51.4 Å². The van der Waals surface area contributed by atoms with E-state index >= 15 is 0 Å². The number of benzene rings is 1. The molecule has 3 heteroatoms. The van der Waals surface area contributed by atoms with Crippen molar-refractivity contribution >= 4 is 31.9 Å². The summed E-state index contributed by atoms with van der Waals surface area (Å²) >= 11 is 6.82. The summed E-state index contributed by atoms with van der Waals surface area (Å²) < 4.78 is 7.98. The van der Waals surface area contributed by atoms with Crippen molar-refractivity contribution in [2.75, 3.05) is 0 Å². The third-order valence-electron chi connectivity index (χ3n) is 2.12. The molecule has 0 aliphatic heterocycles. The molecule has 0 spiro atoms. The van der Waals surface area contributed by atoms with Gasteiger partial charge >= 0.3 is 0 Å². The molecule has 0 radical (unpaired) electrons. The summed E-state index contributed by atoms with van der Waals surface area (Å²) in [6.07, 6.45) is 7.25. The van der Waals surface area contributed by atoms with Crippen molar-refractivity contribution in [3.8, 4) is 5.75 Å². The monoisotopic (exact) mass is 328 g/mol. The molecule has 0 saturated heterocycles. The normalized spacial score (nSPS) is 19.9. The minimum absolute atomic E-state index is 0.146. The summed E-state index contributed by atoms with van der Waals surface area (Å²) in [5.41, 5.74) is 0. The van der Waals surface area contributed by atoms with Gasteiger partial charge in [-0.15, -0.1) is 0 Å². The average molecular weight is 330 g/mol. The molecule has 1 atom stereocenters. The van der Waals surface area contributed by atoms with Gasteiger partial charge in [0.25, 0.3) is 0 Å². The molecule has 0 N–H and O–H groups in total. The second kappa shape index (κ2) is 4.99. The number of hydrogen-bond donors (Lipinski definition) is 0. The van der Waals surface area contributed by atoms with E-state index in [1.54, 1.807) is 0 Å². The van der Waals surface area contributed by atoms with Crippen molar-refractivity contribution in [3.63, 3.8) is 0 Å². The molecule has 1 nitrogen and oxygen atoms in total. The van der Waals surface area contributed by atoms with Crippen LogP contribution in [0, 0.1) is 0 Å². The first kappa shape index (κ1) is 11.0. The summed E-state index contributed by atoms with van der Waals surface area (Å²) in [4.78, 5) is 0. The largest absolute Gasteiger partial charge is 0.486 e. The zero-order chi connectivity index (χ0) is 10.7. The lowest BCUT2D eigenvalue weighted by Crippen LogP contribution is -2.14. The van der Waals surface area contributed by atoms with Gasteiger partial charge in [0.2, 0.25) is 0 Å². The topological polar surface area (TPSA) is 9.23 Å². The Kier molecular flexibility index (Phi) is 3.65. The standard InChI is InChI=1S/C12H10Br2O/c13-9-1-5-11(6-2-9)15-12-7-3-10(14)4-8-12/h1-7,12H,8H2. The van der Waals surface area contributed by atoms with Crippen molar-refractivity contribution in [2.45, 2.75) is 12.5 Å². The number of ether oxygens (including phenoxy) is 1. The van der Waals surface area contributed by atoms with Crippen LogP contribution in [0.3, 0.4) is 0 Å². The molecule has 1 aromatic rings. The zero-order valence-electron chi connectivity index (χ0n) is 7.99. The molecule has 2 rings (SSSR count). The summed E-state index contributed by atoms with van der Waals surface area (Å²) in [6, 6.07) is 7.89. The van der Waals surface area contributed by atoms with Crippen molar-refractivity contribution in [1.82, 2.24) is 0 Å². The Hall–Kier alpha value is -0.540. The maximum Gasteiger partial charge on any atom is 0.121 e. The number of halogens is 2. The van der Waals surface area contributed by atoms with Crippen LogP contribution in [0.4, 0.5) is 0 Å². The van der Waals surface area contributed by atoms with Crippen molar-refractivity contribution < 1.29 is 4.74 Å². The lowest BCUT2D eigenvalue weighted by Gasteiger charge is -2.16. The van der Waals surface area contributed by atoms with Gasteiger partial charge in [-0.2, -0.15) is 0 Å². The Morgan fingerprint density at radius 1 is 1.13 bits per heavy atom. The van der Waals surface area contributed by atoms with Crippen LogP contribution < -0.4 is 4.74 Å². The van der Waals surface area contributed by atoms with Crippen LogP contribution in [0.15, 0.2) is 51.4 Å². The minimum atomic E-state index is 0.146. The van der Waals surface area contributed by atoms with Crippen LogP contribution in [0.5, 0.6) is 5.75 Å². The SMILES string of the molecule is BrC1=CCC(Oc2ccc(Br)cc2)C=C1.